The van der Waals surface area contributed by atoms with E-state index in [9.17, 15) is 4.79 Å². The van der Waals surface area contributed by atoms with E-state index in [0.717, 1.165) is 24.6 Å². The van der Waals surface area contributed by atoms with E-state index >= 15 is 0 Å². The van der Waals surface area contributed by atoms with Gasteiger partial charge in [-0.25, -0.2) is 4.98 Å². The summed E-state index contributed by atoms with van der Waals surface area (Å²) in [5.41, 5.74) is 0. The second-order valence-corrected chi connectivity index (χ2v) is 3.97. The van der Waals surface area contributed by atoms with Crippen LogP contribution in [0.15, 0.2) is 11.6 Å². The number of aromatic nitrogens is 1. The van der Waals surface area contributed by atoms with Gasteiger partial charge < -0.3 is 5.32 Å². The lowest BCUT2D eigenvalue weighted by molar-refractivity contribution is -0.124. The molecule has 1 amide bonds. The van der Waals surface area contributed by atoms with Gasteiger partial charge >= 0.3 is 0 Å². The third kappa shape index (κ3) is 2.26. The van der Waals surface area contributed by atoms with Crippen molar-refractivity contribution in [2.45, 2.75) is 6.54 Å². The number of amides is 1. The molecule has 1 saturated heterocycles. The van der Waals surface area contributed by atoms with Gasteiger partial charge in [-0.3, -0.25) is 9.69 Å². The molecule has 2 heterocycles. The largest absolute Gasteiger partial charge is 0.354 e. The Hall–Kier alpha value is -0.940. The van der Waals surface area contributed by atoms with E-state index in [1.165, 1.54) is 0 Å². The average Bonchev–Trinajstić information content (AvgIpc) is 2.57. The van der Waals surface area contributed by atoms with Crippen molar-refractivity contribution in [2.75, 3.05) is 19.6 Å². The molecule has 70 valence electrons. The van der Waals surface area contributed by atoms with Crippen LogP contribution in [0.3, 0.4) is 0 Å². The zero-order valence-electron chi connectivity index (χ0n) is 7.19. The summed E-state index contributed by atoms with van der Waals surface area (Å²) in [6, 6.07) is 0. The number of hydrogen-bond donors (Lipinski definition) is 1. The van der Waals surface area contributed by atoms with Crippen LogP contribution in [-0.4, -0.2) is 35.4 Å². The summed E-state index contributed by atoms with van der Waals surface area (Å²) in [6.07, 6.45) is 1.80. The first-order valence-corrected chi connectivity index (χ1v) is 5.10. The Kier molecular flexibility index (Phi) is 2.56. The third-order valence-electron chi connectivity index (χ3n) is 1.96. The first-order chi connectivity index (χ1) is 6.34. The minimum atomic E-state index is 0.114. The zero-order chi connectivity index (χ0) is 9.10. The maximum Gasteiger partial charge on any atom is 0.234 e. The number of thiazole rings is 1. The van der Waals surface area contributed by atoms with Crippen LogP contribution in [0.4, 0.5) is 0 Å². The lowest BCUT2D eigenvalue weighted by Gasteiger charge is -2.25. The molecule has 0 saturated carbocycles. The molecule has 0 radical (unpaired) electrons. The van der Waals surface area contributed by atoms with Gasteiger partial charge in [-0.15, -0.1) is 11.3 Å². The Morgan fingerprint density at radius 3 is 3.31 bits per heavy atom. The van der Waals surface area contributed by atoms with Crippen molar-refractivity contribution in [2.24, 2.45) is 0 Å². The van der Waals surface area contributed by atoms with E-state index in [2.05, 4.69) is 15.2 Å². The van der Waals surface area contributed by atoms with Crippen LogP contribution in [0.25, 0.3) is 0 Å². The molecular formula is C8H11N3OS. The minimum absolute atomic E-state index is 0.114. The van der Waals surface area contributed by atoms with E-state index in [1.807, 2.05) is 5.38 Å². The summed E-state index contributed by atoms with van der Waals surface area (Å²) in [4.78, 5) is 17.3. The van der Waals surface area contributed by atoms with Gasteiger partial charge in [-0.1, -0.05) is 0 Å². The van der Waals surface area contributed by atoms with Crippen molar-refractivity contribution in [3.05, 3.63) is 16.6 Å². The summed E-state index contributed by atoms with van der Waals surface area (Å²) in [7, 11) is 0. The summed E-state index contributed by atoms with van der Waals surface area (Å²) in [5, 5.41) is 5.83. The van der Waals surface area contributed by atoms with Crippen LogP contribution in [0, 0.1) is 0 Å². The minimum Gasteiger partial charge on any atom is -0.354 e. The standard InChI is InChI=1S/C8H11N3OS/c12-7-5-11(3-1-9-7)6-8-10-2-4-13-8/h2,4H,1,3,5-6H2,(H,9,12). The number of nitrogens with one attached hydrogen (secondary N) is 1. The molecule has 1 aliphatic heterocycles. The van der Waals surface area contributed by atoms with E-state index < -0.39 is 0 Å². The van der Waals surface area contributed by atoms with Gasteiger partial charge in [0.25, 0.3) is 0 Å². The quantitative estimate of drug-likeness (QED) is 0.730. The second-order valence-electron chi connectivity index (χ2n) is 2.99. The molecule has 0 spiro atoms. The van der Waals surface area contributed by atoms with E-state index in [0.29, 0.717) is 6.54 Å². The van der Waals surface area contributed by atoms with Gasteiger partial charge in [0.05, 0.1) is 13.1 Å². The molecule has 4 nitrogen and oxygen atoms in total. The van der Waals surface area contributed by atoms with Crippen molar-refractivity contribution < 1.29 is 4.79 Å². The van der Waals surface area contributed by atoms with Crippen LogP contribution in [0.5, 0.6) is 0 Å². The fourth-order valence-corrected chi connectivity index (χ4v) is 2.01. The normalized spacial score (nSPS) is 18.6. The monoisotopic (exact) mass is 197 g/mol. The SMILES string of the molecule is O=C1CN(Cc2nccs2)CCN1. The molecule has 0 aliphatic carbocycles. The molecule has 0 atom stereocenters. The number of nitrogens with zero attached hydrogens (tertiary/aromatic N) is 2. The molecule has 2 rings (SSSR count). The lowest BCUT2D eigenvalue weighted by atomic mass is 10.3. The van der Waals surface area contributed by atoms with Gasteiger partial charge in [0, 0.05) is 24.7 Å². The van der Waals surface area contributed by atoms with Crippen molar-refractivity contribution in [1.29, 1.82) is 0 Å². The van der Waals surface area contributed by atoms with Gasteiger partial charge in [-0.05, 0) is 0 Å². The molecule has 1 aliphatic rings. The first-order valence-electron chi connectivity index (χ1n) is 4.22. The smallest absolute Gasteiger partial charge is 0.234 e. The molecule has 1 fully saturated rings. The number of rotatable bonds is 2. The van der Waals surface area contributed by atoms with Crippen molar-refractivity contribution in [3.8, 4) is 0 Å². The van der Waals surface area contributed by atoms with Gasteiger partial charge in [0.15, 0.2) is 0 Å². The Morgan fingerprint density at radius 2 is 2.62 bits per heavy atom. The predicted molar refractivity (Wildman–Crippen MR) is 50.4 cm³/mol. The van der Waals surface area contributed by atoms with Gasteiger partial charge in [-0.2, -0.15) is 0 Å². The Labute approximate surface area is 80.6 Å². The molecule has 0 aromatic carbocycles. The van der Waals surface area contributed by atoms with Gasteiger partial charge in [0.2, 0.25) is 5.91 Å². The molecule has 1 aromatic rings. The molecule has 0 unspecified atom stereocenters. The van der Waals surface area contributed by atoms with Crippen molar-refractivity contribution in [1.82, 2.24) is 15.2 Å². The number of carbonyl (C=O) groups is 1. The lowest BCUT2D eigenvalue weighted by Crippen LogP contribution is -2.47. The Bertz CT molecular complexity index is 286. The highest BCUT2D eigenvalue weighted by molar-refractivity contribution is 7.09. The average molecular weight is 197 g/mol. The highest BCUT2D eigenvalue weighted by Crippen LogP contribution is 2.08. The van der Waals surface area contributed by atoms with Crippen LogP contribution < -0.4 is 5.32 Å². The molecule has 5 heteroatoms. The summed E-state index contributed by atoms with van der Waals surface area (Å²) in [6.45, 7) is 2.97. The maximum absolute atomic E-state index is 11.0. The molecule has 13 heavy (non-hydrogen) atoms. The van der Waals surface area contributed by atoms with Crippen LogP contribution in [-0.2, 0) is 11.3 Å². The van der Waals surface area contributed by atoms with E-state index in [1.54, 1.807) is 17.5 Å². The highest BCUT2D eigenvalue weighted by atomic mass is 32.1. The fraction of sp³-hybridized carbons (Fsp3) is 0.500. The van der Waals surface area contributed by atoms with E-state index in [-0.39, 0.29) is 5.91 Å². The Balaban J connectivity index is 1.91. The number of carbonyl (C=O) groups excluding carboxylic acids is 1. The maximum atomic E-state index is 11.0. The summed E-state index contributed by atoms with van der Waals surface area (Å²) >= 11 is 1.63. The van der Waals surface area contributed by atoms with Gasteiger partial charge in [0.1, 0.15) is 5.01 Å². The van der Waals surface area contributed by atoms with Crippen molar-refractivity contribution in [3.63, 3.8) is 0 Å². The van der Waals surface area contributed by atoms with Crippen LogP contribution in [0.1, 0.15) is 5.01 Å². The Morgan fingerprint density at radius 1 is 1.69 bits per heavy atom. The van der Waals surface area contributed by atoms with E-state index in [4.69, 9.17) is 0 Å². The second kappa shape index (κ2) is 3.85. The molecular weight excluding hydrogens is 186 g/mol. The fourth-order valence-electron chi connectivity index (χ4n) is 1.35. The topological polar surface area (TPSA) is 45.2 Å². The summed E-state index contributed by atoms with van der Waals surface area (Å²) < 4.78 is 0. The van der Waals surface area contributed by atoms with Crippen LogP contribution >= 0.6 is 11.3 Å². The molecule has 1 aromatic heterocycles. The predicted octanol–water partition coefficient (Wildman–Crippen LogP) is 0.0749. The van der Waals surface area contributed by atoms with Crippen LogP contribution in [0.2, 0.25) is 0 Å². The highest BCUT2D eigenvalue weighted by Gasteiger charge is 2.16. The zero-order valence-corrected chi connectivity index (χ0v) is 8.01. The molecule has 0 bridgehead atoms. The summed E-state index contributed by atoms with van der Waals surface area (Å²) in [5.74, 6) is 0.114. The first kappa shape index (κ1) is 8.65. The van der Waals surface area contributed by atoms with Crippen molar-refractivity contribution >= 4 is 17.2 Å². The number of hydrogen-bond acceptors (Lipinski definition) is 4. The third-order valence-corrected chi connectivity index (χ3v) is 2.72. The number of piperazine rings is 1. The molecule has 1 N–H and O–H groups in total.